The van der Waals surface area contributed by atoms with Gasteiger partial charge in [0.15, 0.2) is 5.76 Å². The molecule has 0 aromatic carbocycles. The van der Waals surface area contributed by atoms with Gasteiger partial charge in [-0.25, -0.2) is 0 Å². The first kappa shape index (κ1) is 28.4. The number of rotatable bonds is 2. The van der Waals surface area contributed by atoms with Crippen LogP contribution in [0.15, 0.2) is 23.5 Å². The summed E-state index contributed by atoms with van der Waals surface area (Å²) in [6.07, 6.45) is 4.81. The molecule has 2 saturated carbocycles. The zero-order chi connectivity index (χ0) is 29.1. The number of allylic oxidation sites excluding steroid dienone is 4. The fourth-order valence-electron chi connectivity index (χ4n) is 9.46. The lowest BCUT2D eigenvalue weighted by Gasteiger charge is -2.63. The van der Waals surface area contributed by atoms with Gasteiger partial charge in [-0.3, -0.25) is 19.2 Å². The Kier molecular flexibility index (Phi) is 6.15. The molecule has 5 aliphatic rings. The summed E-state index contributed by atoms with van der Waals surface area (Å²) in [5.74, 6) is -1.45. The topological polar surface area (TPSA) is 107 Å². The average Bonchev–Trinajstić information content (AvgIpc) is 2.93. The van der Waals surface area contributed by atoms with Crippen LogP contribution in [0.5, 0.6) is 0 Å². The third kappa shape index (κ3) is 3.67. The van der Waals surface area contributed by atoms with Crippen molar-refractivity contribution in [2.75, 3.05) is 0 Å². The Morgan fingerprint density at radius 1 is 1.10 bits per heavy atom. The van der Waals surface area contributed by atoms with E-state index in [1.54, 1.807) is 19.9 Å². The monoisotopic (exact) mass is 540 g/mol. The van der Waals surface area contributed by atoms with E-state index >= 15 is 0 Å². The highest BCUT2D eigenvalue weighted by molar-refractivity contribution is 6.03. The zero-order valence-electron chi connectivity index (χ0n) is 24.8. The van der Waals surface area contributed by atoms with E-state index in [1.165, 1.54) is 6.92 Å². The Labute approximate surface area is 231 Å². The smallest absolute Gasteiger partial charge is 0.308 e. The quantitative estimate of drug-likeness (QED) is 0.398. The van der Waals surface area contributed by atoms with Gasteiger partial charge in [-0.2, -0.15) is 0 Å². The van der Waals surface area contributed by atoms with Gasteiger partial charge in [0.25, 0.3) is 0 Å². The first-order valence-electron chi connectivity index (χ1n) is 14.4. The van der Waals surface area contributed by atoms with Crippen molar-refractivity contribution >= 4 is 23.3 Å². The minimum atomic E-state index is -1.16. The molecule has 0 bridgehead atoms. The summed E-state index contributed by atoms with van der Waals surface area (Å²) in [4.78, 5) is 53.1. The molecular weight excluding hydrogens is 496 g/mol. The standard InChI is InChI=1S/C32H44O7/c1-16-20(34)13-25(29(5,6)37)39-22-14-30(7)23-11-10-18-19(12-21(38-17(2)33)27(36)28(18,3)4)32(23,9)24(35)15-31(30,8)26(16)22/h10,12,16,19,22-23,25-26,37H,11,13-15H2,1-9H3/t16-,19-,22-,23+,25+,26-,30+,31-,32+/m1/s1. The molecule has 0 aromatic rings. The van der Waals surface area contributed by atoms with Crippen LogP contribution in [-0.2, 0) is 28.7 Å². The van der Waals surface area contributed by atoms with Gasteiger partial charge < -0.3 is 14.6 Å². The molecule has 0 amide bonds. The van der Waals surface area contributed by atoms with Crippen molar-refractivity contribution in [2.24, 2.45) is 45.3 Å². The van der Waals surface area contributed by atoms with E-state index in [4.69, 9.17) is 9.47 Å². The second-order valence-electron chi connectivity index (χ2n) is 14.7. The van der Waals surface area contributed by atoms with Gasteiger partial charge in [0, 0.05) is 42.9 Å². The first-order valence-corrected chi connectivity index (χ1v) is 14.4. The van der Waals surface area contributed by atoms with E-state index in [2.05, 4.69) is 19.9 Å². The molecule has 5 rings (SSSR count). The number of carbonyl (C=O) groups excluding carboxylic acids is 4. The summed E-state index contributed by atoms with van der Waals surface area (Å²) < 4.78 is 12.0. The number of ether oxygens (including phenoxy) is 2. The maximum Gasteiger partial charge on any atom is 0.308 e. The number of aliphatic hydroxyl groups is 1. The van der Waals surface area contributed by atoms with Crippen molar-refractivity contribution in [3.63, 3.8) is 0 Å². The molecule has 214 valence electrons. The molecule has 7 heteroatoms. The van der Waals surface area contributed by atoms with Gasteiger partial charge in [-0.05, 0) is 63.4 Å². The number of carbonyl (C=O) groups is 4. The lowest BCUT2D eigenvalue weighted by atomic mass is 9.39. The van der Waals surface area contributed by atoms with Gasteiger partial charge >= 0.3 is 5.97 Å². The Morgan fingerprint density at radius 3 is 2.33 bits per heavy atom. The van der Waals surface area contributed by atoms with Crippen molar-refractivity contribution in [1.29, 1.82) is 0 Å². The van der Waals surface area contributed by atoms with Crippen molar-refractivity contribution in [2.45, 2.75) is 106 Å². The predicted molar refractivity (Wildman–Crippen MR) is 144 cm³/mol. The van der Waals surface area contributed by atoms with Crippen LogP contribution in [0.25, 0.3) is 0 Å². The van der Waals surface area contributed by atoms with Crippen LogP contribution in [0.2, 0.25) is 0 Å². The Morgan fingerprint density at radius 2 is 1.74 bits per heavy atom. The highest BCUT2D eigenvalue weighted by Crippen LogP contribution is 2.74. The van der Waals surface area contributed by atoms with Crippen molar-refractivity contribution in [3.05, 3.63) is 23.5 Å². The SMILES string of the molecule is CC(=O)OC1=C[C@@H]2C(=CC[C@@H]3[C@@]2(C)C(=O)C[C@]2(C)[C@@H]4[C@H](C)C(=O)C[C@@H](C(C)(C)O)O[C@@H]4C[C@@]32C)C(C)(C)C1=O. The Hall–Kier alpha value is -2.12. The minimum Gasteiger partial charge on any atom is -0.423 e. The second-order valence-corrected chi connectivity index (χ2v) is 14.7. The number of hydrogen-bond donors (Lipinski definition) is 1. The fourth-order valence-corrected chi connectivity index (χ4v) is 9.46. The molecule has 7 nitrogen and oxygen atoms in total. The first-order chi connectivity index (χ1) is 17.8. The molecule has 0 unspecified atom stereocenters. The molecule has 1 N–H and O–H groups in total. The summed E-state index contributed by atoms with van der Waals surface area (Å²) in [5.41, 5.74) is -2.78. The highest BCUT2D eigenvalue weighted by atomic mass is 16.5. The number of esters is 1. The van der Waals surface area contributed by atoms with E-state index < -0.39 is 33.9 Å². The molecule has 1 heterocycles. The molecule has 9 atom stereocenters. The van der Waals surface area contributed by atoms with E-state index in [0.29, 0.717) is 19.3 Å². The Balaban J connectivity index is 1.63. The van der Waals surface area contributed by atoms with Gasteiger partial charge in [-0.15, -0.1) is 0 Å². The van der Waals surface area contributed by atoms with Gasteiger partial charge in [0.05, 0.1) is 23.2 Å². The maximum atomic E-state index is 14.5. The summed E-state index contributed by atoms with van der Waals surface area (Å²) >= 11 is 0. The van der Waals surface area contributed by atoms with E-state index in [1.807, 2.05) is 27.7 Å². The molecule has 1 saturated heterocycles. The van der Waals surface area contributed by atoms with Crippen LogP contribution in [0, 0.1) is 45.3 Å². The van der Waals surface area contributed by atoms with E-state index in [0.717, 1.165) is 5.57 Å². The third-order valence-electron chi connectivity index (χ3n) is 11.9. The molecule has 3 fully saturated rings. The summed E-state index contributed by atoms with van der Waals surface area (Å²) in [5, 5.41) is 10.8. The largest absolute Gasteiger partial charge is 0.423 e. The van der Waals surface area contributed by atoms with E-state index in [-0.39, 0.29) is 64.7 Å². The maximum absolute atomic E-state index is 14.5. The van der Waals surface area contributed by atoms with Crippen LogP contribution in [0.3, 0.4) is 0 Å². The number of Topliss-reactive ketones (excluding diaryl/α,β-unsaturated/α-hetero) is 3. The highest BCUT2D eigenvalue weighted by Gasteiger charge is 2.73. The van der Waals surface area contributed by atoms with Gasteiger partial charge in [-0.1, -0.05) is 39.3 Å². The molecule has 1 aliphatic heterocycles. The third-order valence-corrected chi connectivity index (χ3v) is 11.9. The fraction of sp³-hybridized carbons (Fsp3) is 0.750. The van der Waals surface area contributed by atoms with Crippen LogP contribution >= 0.6 is 0 Å². The molecular formula is C32H44O7. The molecule has 0 spiro atoms. The molecule has 39 heavy (non-hydrogen) atoms. The molecule has 0 aromatic heterocycles. The normalized spacial score (nSPS) is 45.2. The second kappa shape index (κ2) is 8.45. The summed E-state index contributed by atoms with van der Waals surface area (Å²) in [6, 6.07) is 0. The van der Waals surface area contributed by atoms with Crippen molar-refractivity contribution in [3.8, 4) is 0 Å². The Bertz CT molecular complexity index is 1220. The zero-order valence-corrected chi connectivity index (χ0v) is 24.8. The number of ketones is 3. The van der Waals surface area contributed by atoms with Crippen LogP contribution < -0.4 is 0 Å². The van der Waals surface area contributed by atoms with Crippen LogP contribution in [-0.4, -0.2) is 46.2 Å². The van der Waals surface area contributed by atoms with Crippen LogP contribution in [0.4, 0.5) is 0 Å². The van der Waals surface area contributed by atoms with Gasteiger partial charge in [0.1, 0.15) is 11.6 Å². The van der Waals surface area contributed by atoms with Crippen molar-refractivity contribution < 1.29 is 33.8 Å². The lowest BCUT2D eigenvalue weighted by molar-refractivity contribution is -0.168. The molecule has 0 radical (unpaired) electrons. The molecule has 4 aliphatic carbocycles. The average molecular weight is 541 g/mol. The van der Waals surface area contributed by atoms with Gasteiger partial charge in [0.2, 0.25) is 5.78 Å². The van der Waals surface area contributed by atoms with E-state index in [9.17, 15) is 24.3 Å². The number of hydrogen-bond acceptors (Lipinski definition) is 7. The van der Waals surface area contributed by atoms with Crippen molar-refractivity contribution in [1.82, 2.24) is 0 Å². The summed E-state index contributed by atoms with van der Waals surface area (Å²) in [7, 11) is 0. The van der Waals surface area contributed by atoms with Crippen LogP contribution in [0.1, 0.15) is 88.0 Å². The number of fused-ring (bicyclic) bond motifs is 7. The lowest BCUT2D eigenvalue weighted by Crippen LogP contribution is -2.62. The predicted octanol–water partition coefficient (Wildman–Crippen LogP) is 4.75. The minimum absolute atomic E-state index is 0.0231. The summed E-state index contributed by atoms with van der Waals surface area (Å²) in [6.45, 7) is 16.8.